The molecule has 186 valence electrons. The number of halogens is 2. The minimum absolute atomic E-state index is 0.103. The Morgan fingerprint density at radius 1 is 1.11 bits per heavy atom. The Hall–Kier alpha value is -3.49. The Balaban J connectivity index is 1.37. The van der Waals surface area contributed by atoms with Crippen LogP contribution in [-0.2, 0) is 14.3 Å². The molecule has 2 atom stereocenters. The topological polar surface area (TPSA) is 95.9 Å². The fourth-order valence-electron chi connectivity index (χ4n) is 5.02. The van der Waals surface area contributed by atoms with Gasteiger partial charge in [-0.1, -0.05) is 61.9 Å². The number of hydrogen-bond acceptors (Lipinski definition) is 4. The summed E-state index contributed by atoms with van der Waals surface area (Å²) in [7, 11) is 0. The lowest BCUT2D eigenvalue weighted by atomic mass is 9.98. The molecule has 1 heterocycles. The van der Waals surface area contributed by atoms with Crippen LogP contribution in [0.25, 0.3) is 11.1 Å². The summed E-state index contributed by atoms with van der Waals surface area (Å²) >= 11 is 0. The molecular weight excluding hydrogens is 458 g/mol. The zero-order valence-corrected chi connectivity index (χ0v) is 19.4. The number of fused-ring (bicyclic) bond motifs is 3. The molecule has 0 bridgehead atoms. The summed E-state index contributed by atoms with van der Waals surface area (Å²) in [5.74, 6) is -6.36. The molecule has 35 heavy (non-hydrogen) atoms. The van der Waals surface area contributed by atoms with Gasteiger partial charge >= 0.3 is 12.1 Å². The lowest BCUT2D eigenvalue weighted by Gasteiger charge is -2.26. The van der Waals surface area contributed by atoms with Crippen molar-refractivity contribution in [1.82, 2.24) is 10.2 Å². The van der Waals surface area contributed by atoms with Gasteiger partial charge in [0, 0.05) is 18.9 Å². The molecule has 1 aliphatic carbocycles. The third-order valence-electron chi connectivity index (χ3n) is 6.66. The molecule has 1 aliphatic heterocycles. The molecule has 2 aliphatic rings. The van der Waals surface area contributed by atoms with E-state index in [1.54, 1.807) is 0 Å². The van der Waals surface area contributed by atoms with Crippen molar-refractivity contribution in [2.24, 2.45) is 5.92 Å². The minimum atomic E-state index is -3.25. The highest BCUT2D eigenvalue weighted by Crippen LogP contribution is 2.44. The van der Waals surface area contributed by atoms with E-state index >= 15 is 0 Å². The average Bonchev–Trinajstić information content (AvgIpc) is 3.34. The average molecular weight is 487 g/mol. The van der Waals surface area contributed by atoms with Gasteiger partial charge < -0.3 is 20.1 Å². The summed E-state index contributed by atoms with van der Waals surface area (Å²) in [4.78, 5) is 37.6. The summed E-state index contributed by atoms with van der Waals surface area (Å²) in [6, 6.07) is 14.3. The highest BCUT2D eigenvalue weighted by Gasteiger charge is 2.51. The van der Waals surface area contributed by atoms with E-state index < -0.39 is 48.8 Å². The van der Waals surface area contributed by atoms with E-state index in [1.807, 2.05) is 55.5 Å². The standard InChI is InChI=1S/C26H28F2N2O5/c1-2-7-16(23(31)30-15-26(27,28)12-22(30)24(32)33)13-29-25(34)35-14-21-19-10-5-3-8-17(19)18-9-4-6-11-20(18)21/h3-6,8-11,16,21-22H,2,7,12-15H2,1H3,(H,29,34)(H,32,33). The van der Waals surface area contributed by atoms with E-state index in [4.69, 9.17) is 4.74 Å². The van der Waals surface area contributed by atoms with E-state index in [0.29, 0.717) is 12.8 Å². The van der Waals surface area contributed by atoms with Crippen LogP contribution in [0.4, 0.5) is 13.6 Å². The minimum Gasteiger partial charge on any atom is -0.480 e. The largest absolute Gasteiger partial charge is 0.480 e. The van der Waals surface area contributed by atoms with Gasteiger partial charge in [-0.05, 0) is 28.7 Å². The molecule has 7 nitrogen and oxygen atoms in total. The zero-order valence-electron chi connectivity index (χ0n) is 19.4. The molecular formula is C26H28F2N2O5. The molecule has 2 aromatic rings. The Morgan fingerprint density at radius 2 is 1.71 bits per heavy atom. The zero-order chi connectivity index (χ0) is 25.2. The van der Waals surface area contributed by atoms with Gasteiger partial charge in [0.15, 0.2) is 0 Å². The van der Waals surface area contributed by atoms with Crippen LogP contribution in [0.15, 0.2) is 48.5 Å². The monoisotopic (exact) mass is 486 g/mol. The van der Waals surface area contributed by atoms with Crippen molar-refractivity contribution in [3.8, 4) is 11.1 Å². The molecule has 1 fully saturated rings. The normalized spacial score (nSPS) is 19.1. The van der Waals surface area contributed by atoms with Gasteiger partial charge in [0.05, 0.1) is 12.5 Å². The van der Waals surface area contributed by atoms with Crippen molar-refractivity contribution >= 4 is 18.0 Å². The first-order valence-corrected chi connectivity index (χ1v) is 11.7. The number of nitrogens with one attached hydrogen (secondary N) is 1. The van der Waals surface area contributed by atoms with Gasteiger partial charge in [0.2, 0.25) is 5.91 Å². The Labute approximate surface area is 202 Å². The smallest absolute Gasteiger partial charge is 0.407 e. The molecule has 0 radical (unpaired) electrons. The van der Waals surface area contributed by atoms with Crippen molar-refractivity contribution < 1.29 is 33.0 Å². The van der Waals surface area contributed by atoms with Crippen LogP contribution < -0.4 is 5.32 Å². The number of alkyl carbamates (subject to hydrolysis) is 1. The first-order valence-electron chi connectivity index (χ1n) is 11.7. The van der Waals surface area contributed by atoms with Gasteiger partial charge in [-0.25, -0.2) is 18.4 Å². The highest BCUT2D eigenvalue weighted by molar-refractivity contribution is 5.86. The summed E-state index contributed by atoms with van der Waals surface area (Å²) in [6.45, 7) is 0.859. The van der Waals surface area contributed by atoms with Gasteiger partial charge in [-0.15, -0.1) is 0 Å². The second-order valence-electron chi connectivity index (χ2n) is 9.07. The summed E-state index contributed by atoms with van der Waals surface area (Å²) < 4.78 is 33.2. The number of hydrogen-bond donors (Lipinski definition) is 2. The molecule has 9 heteroatoms. The van der Waals surface area contributed by atoms with Crippen molar-refractivity contribution in [3.05, 3.63) is 59.7 Å². The number of carboxylic acids is 1. The first kappa shape index (κ1) is 24.6. The van der Waals surface area contributed by atoms with Crippen LogP contribution in [-0.4, -0.2) is 59.6 Å². The van der Waals surface area contributed by atoms with Crippen LogP contribution in [0.1, 0.15) is 43.2 Å². The van der Waals surface area contributed by atoms with E-state index in [9.17, 15) is 28.3 Å². The van der Waals surface area contributed by atoms with Crippen LogP contribution in [0, 0.1) is 5.92 Å². The molecule has 0 spiro atoms. The lowest BCUT2D eigenvalue weighted by Crippen LogP contribution is -2.46. The third kappa shape index (κ3) is 5.13. The fraction of sp³-hybridized carbons (Fsp3) is 0.423. The van der Waals surface area contributed by atoms with E-state index in [-0.39, 0.29) is 19.1 Å². The first-order chi connectivity index (χ1) is 16.7. The Morgan fingerprint density at radius 3 is 2.29 bits per heavy atom. The molecule has 2 amide bonds. The van der Waals surface area contributed by atoms with E-state index in [1.165, 1.54) is 0 Å². The Bertz CT molecular complexity index is 1080. The van der Waals surface area contributed by atoms with Crippen LogP contribution in [0.2, 0.25) is 0 Å². The van der Waals surface area contributed by atoms with Gasteiger partial charge in [0.25, 0.3) is 5.92 Å². The number of carbonyl (C=O) groups excluding carboxylic acids is 2. The van der Waals surface area contributed by atoms with Gasteiger partial charge in [0.1, 0.15) is 12.6 Å². The molecule has 1 saturated heterocycles. The molecule has 2 aromatic carbocycles. The molecule has 0 aromatic heterocycles. The molecule has 0 saturated carbocycles. The number of benzene rings is 2. The molecule has 2 unspecified atom stereocenters. The number of aliphatic carboxylic acids is 1. The number of amides is 2. The fourth-order valence-corrected chi connectivity index (χ4v) is 5.02. The van der Waals surface area contributed by atoms with Crippen molar-refractivity contribution in [1.29, 1.82) is 0 Å². The predicted octanol–water partition coefficient (Wildman–Crippen LogP) is 4.26. The maximum atomic E-state index is 13.8. The van der Waals surface area contributed by atoms with Gasteiger partial charge in [-0.2, -0.15) is 0 Å². The van der Waals surface area contributed by atoms with Crippen LogP contribution in [0.5, 0.6) is 0 Å². The number of nitrogens with zero attached hydrogens (tertiary/aromatic N) is 1. The number of ether oxygens (including phenoxy) is 1. The van der Waals surface area contributed by atoms with Gasteiger partial charge in [-0.3, -0.25) is 4.79 Å². The SMILES string of the molecule is CCCC(CNC(=O)OCC1c2ccccc2-c2ccccc21)C(=O)N1CC(F)(F)CC1C(=O)O. The van der Waals surface area contributed by atoms with E-state index in [0.717, 1.165) is 27.2 Å². The van der Waals surface area contributed by atoms with Crippen molar-refractivity contribution in [2.75, 3.05) is 19.7 Å². The summed E-state index contributed by atoms with van der Waals surface area (Å²) in [5.41, 5.74) is 4.33. The summed E-state index contributed by atoms with van der Waals surface area (Å²) in [6.07, 6.45) is -0.753. The second kappa shape index (κ2) is 10.0. The van der Waals surface area contributed by atoms with E-state index in [2.05, 4.69) is 5.32 Å². The summed E-state index contributed by atoms with van der Waals surface area (Å²) in [5, 5.41) is 11.9. The predicted molar refractivity (Wildman–Crippen MR) is 124 cm³/mol. The third-order valence-corrected chi connectivity index (χ3v) is 6.66. The maximum Gasteiger partial charge on any atom is 0.407 e. The number of rotatable bonds is 8. The quantitative estimate of drug-likeness (QED) is 0.581. The molecule has 2 N–H and O–H groups in total. The maximum absolute atomic E-state index is 13.8. The second-order valence-corrected chi connectivity index (χ2v) is 9.07. The van der Waals surface area contributed by atoms with Crippen molar-refractivity contribution in [3.63, 3.8) is 0 Å². The van der Waals surface area contributed by atoms with Crippen LogP contribution in [0.3, 0.4) is 0 Å². The number of carboxylic acid groups (broad SMARTS) is 1. The molecule has 4 rings (SSSR count). The lowest BCUT2D eigenvalue weighted by molar-refractivity contribution is -0.150. The number of likely N-dealkylation sites (tertiary alicyclic amines) is 1. The van der Waals surface area contributed by atoms with Crippen molar-refractivity contribution in [2.45, 2.75) is 44.1 Å². The Kier molecular flexibility index (Phi) is 7.05. The van der Waals surface area contributed by atoms with Crippen LogP contribution >= 0.6 is 0 Å². The highest BCUT2D eigenvalue weighted by atomic mass is 19.3. The number of carbonyl (C=O) groups is 3. The number of alkyl halides is 2.